The van der Waals surface area contributed by atoms with Crippen molar-refractivity contribution < 1.29 is 23.4 Å². The Hall–Kier alpha value is -1.51. The number of hydrogen-bond donors (Lipinski definition) is 0. The minimum Gasteiger partial charge on any atom is -0.464 e. The minimum absolute atomic E-state index is 0.0209. The molecule has 0 heterocycles. The number of halogens is 1. The van der Waals surface area contributed by atoms with E-state index >= 15 is 0 Å². The van der Waals surface area contributed by atoms with Crippen LogP contribution in [0.3, 0.4) is 0 Å². The maximum Gasteiger partial charge on any atom is 0.336 e. The SMILES string of the molecule is CCOC(=O)C(O[SiH](c1ccccc1)c1ccccc1)[C@@H](C[C@H](CBr)C(C)(C)C)OCOC. The molecule has 182 valence electrons. The molecule has 0 radical (unpaired) electrons. The van der Waals surface area contributed by atoms with Crippen LogP contribution in [0.15, 0.2) is 60.7 Å². The standard InChI is InChI=1S/C26H37BrO5Si/c1-6-30-25(28)24(23(31-19-29-5)17-20(18-27)26(2,3)4)32-33(21-13-9-7-10-14-21)22-15-11-8-12-16-22/h7-16,20,23-24,33H,6,17-19H2,1-5H3/t20-,23-,24?/m1/s1. The minimum atomic E-state index is -2.21. The molecule has 0 amide bonds. The lowest BCUT2D eigenvalue weighted by atomic mass is 9.78. The molecule has 33 heavy (non-hydrogen) atoms. The summed E-state index contributed by atoms with van der Waals surface area (Å²) in [5.41, 5.74) is 0.0209. The van der Waals surface area contributed by atoms with Crippen LogP contribution in [0.2, 0.25) is 0 Å². The molecule has 5 nitrogen and oxygen atoms in total. The van der Waals surface area contributed by atoms with Crippen LogP contribution in [-0.4, -0.2) is 53.1 Å². The smallest absolute Gasteiger partial charge is 0.336 e. The van der Waals surface area contributed by atoms with E-state index in [0.717, 1.165) is 15.7 Å². The Bertz CT molecular complexity index is 773. The van der Waals surface area contributed by atoms with Crippen molar-refractivity contribution in [1.29, 1.82) is 0 Å². The van der Waals surface area contributed by atoms with Gasteiger partial charge in [0.1, 0.15) is 6.79 Å². The molecule has 0 aliphatic heterocycles. The quantitative estimate of drug-likeness (QED) is 0.168. The number of ether oxygens (including phenoxy) is 3. The van der Waals surface area contributed by atoms with Gasteiger partial charge in [0.2, 0.25) is 9.04 Å². The molecule has 2 rings (SSSR count). The van der Waals surface area contributed by atoms with Gasteiger partial charge in [0.25, 0.3) is 0 Å². The van der Waals surface area contributed by atoms with E-state index < -0.39 is 27.2 Å². The van der Waals surface area contributed by atoms with Crippen LogP contribution in [0, 0.1) is 11.3 Å². The van der Waals surface area contributed by atoms with Crippen molar-refractivity contribution in [1.82, 2.24) is 0 Å². The number of carbonyl (C=O) groups excluding carboxylic acids is 1. The highest BCUT2D eigenvalue weighted by molar-refractivity contribution is 9.09. The average Bonchev–Trinajstić information content (AvgIpc) is 2.81. The maximum atomic E-state index is 13.2. The highest BCUT2D eigenvalue weighted by atomic mass is 79.9. The lowest BCUT2D eigenvalue weighted by Gasteiger charge is -2.35. The number of alkyl halides is 1. The molecular formula is C26H37BrO5Si. The first-order chi connectivity index (χ1) is 15.8. The zero-order chi connectivity index (χ0) is 24.3. The molecule has 0 saturated carbocycles. The molecule has 0 aliphatic carbocycles. The molecule has 2 aromatic carbocycles. The van der Waals surface area contributed by atoms with E-state index in [1.807, 2.05) is 36.4 Å². The predicted octanol–water partition coefficient (Wildman–Crippen LogP) is 3.91. The number of rotatable bonds is 13. The van der Waals surface area contributed by atoms with Crippen LogP contribution in [-0.2, 0) is 23.4 Å². The Kier molecular flexibility index (Phi) is 11.8. The second-order valence-corrected chi connectivity index (χ2v) is 12.1. The monoisotopic (exact) mass is 536 g/mol. The Labute approximate surface area is 208 Å². The fourth-order valence-electron chi connectivity index (χ4n) is 3.63. The van der Waals surface area contributed by atoms with Gasteiger partial charge in [0.05, 0.1) is 12.7 Å². The summed E-state index contributed by atoms with van der Waals surface area (Å²) in [5, 5.41) is 2.98. The van der Waals surface area contributed by atoms with Gasteiger partial charge in [-0.15, -0.1) is 0 Å². The van der Waals surface area contributed by atoms with E-state index in [0.29, 0.717) is 6.42 Å². The first kappa shape index (κ1) is 27.7. The molecule has 0 saturated heterocycles. The summed E-state index contributed by atoms with van der Waals surface area (Å²) >= 11 is 3.65. The highest BCUT2D eigenvalue weighted by Crippen LogP contribution is 2.33. The zero-order valence-corrected chi connectivity index (χ0v) is 23.1. The van der Waals surface area contributed by atoms with E-state index in [1.54, 1.807) is 14.0 Å². The van der Waals surface area contributed by atoms with Crippen molar-refractivity contribution in [2.45, 2.75) is 46.3 Å². The number of benzene rings is 2. The maximum absolute atomic E-state index is 13.2. The normalized spacial score (nSPS) is 14.6. The van der Waals surface area contributed by atoms with Crippen molar-refractivity contribution in [3.05, 3.63) is 60.7 Å². The summed E-state index contributed by atoms with van der Waals surface area (Å²) in [5.74, 6) is -0.140. The van der Waals surface area contributed by atoms with E-state index in [1.165, 1.54) is 0 Å². The number of hydrogen-bond acceptors (Lipinski definition) is 5. The number of methoxy groups -OCH3 is 1. The van der Waals surface area contributed by atoms with Gasteiger partial charge in [-0.2, -0.15) is 0 Å². The van der Waals surface area contributed by atoms with Crippen LogP contribution < -0.4 is 10.4 Å². The second-order valence-electron chi connectivity index (χ2n) is 9.07. The predicted molar refractivity (Wildman–Crippen MR) is 139 cm³/mol. The molecule has 0 bridgehead atoms. The van der Waals surface area contributed by atoms with Crippen molar-refractivity contribution >= 4 is 41.3 Å². The van der Waals surface area contributed by atoms with Crippen LogP contribution in [0.25, 0.3) is 0 Å². The molecule has 2 aromatic rings. The van der Waals surface area contributed by atoms with E-state index in [9.17, 15) is 4.79 Å². The molecule has 3 atom stereocenters. The van der Waals surface area contributed by atoms with Gasteiger partial charge in [0, 0.05) is 12.4 Å². The summed E-state index contributed by atoms with van der Waals surface area (Å²) in [7, 11) is -0.631. The fraction of sp³-hybridized carbons (Fsp3) is 0.500. The zero-order valence-electron chi connectivity index (χ0n) is 20.3. The van der Waals surface area contributed by atoms with E-state index in [4.69, 9.17) is 18.6 Å². The molecular weight excluding hydrogens is 500 g/mol. The van der Waals surface area contributed by atoms with Gasteiger partial charge in [0.15, 0.2) is 6.10 Å². The lowest BCUT2D eigenvalue weighted by Crippen LogP contribution is -2.53. The van der Waals surface area contributed by atoms with Gasteiger partial charge >= 0.3 is 5.97 Å². The largest absolute Gasteiger partial charge is 0.464 e. The average molecular weight is 538 g/mol. The van der Waals surface area contributed by atoms with Crippen LogP contribution in [0.4, 0.5) is 0 Å². The summed E-state index contributed by atoms with van der Waals surface area (Å²) in [4.78, 5) is 13.2. The van der Waals surface area contributed by atoms with Crippen LogP contribution in [0.1, 0.15) is 34.1 Å². The van der Waals surface area contributed by atoms with Gasteiger partial charge in [-0.25, -0.2) is 4.79 Å². The summed E-state index contributed by atoms with van der Waals surface area (Å²) in [6, 6.07) is 20.2. The van der Waals surface area contributed by atoms with Crippen LogP contribution >= 0.6 is 15.9 Å². The van der Waals surface area contributed by atoms with Crippen molar-refractivity contribution in [2.75, 3.05) is 25.8 Å². The third-order valence-corrected chi connectivity index (χ3v) is 9.00. The fourth-order valence-corrected chi connectivity index (χ4v) is 7.29. The molecule has 7 heteroatoms. The number of esters is 1. The summed E-state index contributed by atoms with van der Waals surface area (Å²) in [6.45, 7) is 8.74. The molecule has 0 fully saturated rings. The van der Waals surface area contributed by atoms with Crippen molar-refractivity contribution in [3.8, 4) is 0 Å². The van der Waals surface area contributed by atoms with Crippen LogP contribution in [0.5, 0.6) is 0 Å². The lowest BCUT2D eigenvalue weighted by molar-refractivity contribution is -0.168. The van der Waals surface area contributed by atoms with E-state index in [-0.39, 0.29) is 24.7 Å². The van der Waals surface area contributed by atoms with Gasteiger partial charge in [-0.3, -0.25) is 0 Å². The van der Waals surface area contributed by atoms with Gasteiger partial charge < -0.3 is 18.6 Å². The number of carbonyl (C=O) groups is 1. The summed E-state index contributed by atoms with van der Waals surface area (Å²) < 4.78 is 23.5. The molecule has 0 N–H and O–H groups in total. The topological polar surface area (TPSA) is 54.0 Å². The third kappa shape index (κ3) is 8.65. The second kappa shape index (κ2) is 14.0. The van der Waals surface area contributed by atoms with Crippen molar-refractivity contribution in [2.24, 2.45) is 11.3 Å². The Morgan fingerprint density at radius 2 is 1.55 bits per heavy atom. The van der Waals surface area contributed by atoms with Crippen molar-refractivity contribution in [3.63, 3.8) is 0 Å². The van der Waals surface area contributed by atoms with Gasteiger partial charge in [-0.1, -0.05) is 97.4 Å². The molecule has 0 aromatic heterocycles. The van der Waals surface area contributed by atoms with Gasteiger partial charge in [-0.05, 0) is 35.1 Å². The Balaban J connectivity index is 2.46. The highest BCUT2D eigenvalue weighted by Gasteiger charge is 2.38. The first-order valence-electron chi connectivity index (χ1n) is 11.4. The third-order valence-electron chi connectivity index (χ3n) is 5.67. The first-order valence-corrected chi connectivity index (χ1v) is 14.1. The Morgan fingerprint density at radius 3 is 1.97 bits per heavy atom. The molecule has 1 unspecified atom stereocenters. The summed E-state index contributed by atoms with van der Waals surface area (Å²) in [6.07, 6.45) is -0.735. The molecule has 0 aliphatic rings. The Morgan fingerprint density at radius 1 is 1.00 bits per heavy atom. The molecule has 0 spiro atoms. The van der Waals surface area contributed by atoms with E-state index in [2.05, 4.69) is 61.0 Å².